The molecule has 0 spiro atoms. The van der Waals surface area contributed by atoms with Crippen molar-refractivity contribution in [2.24, 2.45) is 0 Å². The van der Waals surface area contributed by atoms with Gasteiger partial charge in [0.15, 0.2) is 0 Å². The number of aliphatic hydroxyl groups excluding tert-OH is 1. The van der Waals surface area contributed by atoms with Gasteiger partial charge in [0.25, 0.3) is 0 Å². The van der Waals surface area contributed by atoms with Gasteiger partial charge in [-0.2, -0.15) is 0 Å². The number of hydrogen-bond donors (Lipinski definition) is 2. The van der Waals surface area contributed by atoms with Crippen LogP contribution in [0.5, 0.6) is 5.75 Å². The second kappa shape index (κ2) is 4.29. The summed E-state index contributed by atoms with van der Waals surface area (Å²) in [6.45, 7) is 1.32. The Morgan fingerprint density at radius 3 is 2.57 bits per heavy atom. The van der Waals surface area contributed by atoms with Crippen molar-refractivity contribution in [3.05, 3.63) is 28.7 Å². The molecule has 76 valence electrons. The minimum absolute atomic E-state index is 0.129. The molecule has 1 heterocycles. The molecule has 0 saturated carbocycles. The second-order valence-corrected chi connectivity index (χ2v) is 4.25. The maximum absolute atomic E-state index is 9.51. The summed E-state index contributed by atoms with van der Waals surface area (Å²) in [7, 11) is 0. The van der Waals surface area contributed by atoms with Crippen LogP contribution in [-0.2, 0) is 0 Å². The third-order valence-corrected chi connectivity index (χ3v) is 2.76. The Morgan fingerprint density at radius 2 is 2.00 bits per heavy atom. The number of nitrogens with one attached hydrogen (secondary N) is 1. The molecular formula is C10H12BrNO2. The van der Waals surface area contributed by atoms with Crippen LogP contribution in [0.4, 0.5) is 0 Å². The first-order valence-corrected chi connectivity index (χ1v) is 5.36. The Kier molecular flexibility index (Phi) is 3.05. The summed E-state index contributed by atoms with van der Waals surface area (Å²) < 4.78 is 6.63. The maximum Gasteiger partial charge on any atom is 0.138 e. The summed E-state index contributed by atoms with van der Waals surface area (Å²) in [5.41, 5.74) is 0. The van der Waals surface area contributed by atoms with E-state index < -0.39 is 6.10 Å². The molecular weight excluding hydrogens is 246 g/mol. The molecule has 4 heteroatoms. The summed E-state index contributed by atoms with van der Waals surface area (Å²) in [5, 5.41) is 12.6. The van der Waals surface area contributed by atoms with Crippen molar-refractivity contribution < 1.29 is 9.84 Å². The molecule has 0 aliphatic carbocycles. The van der Waals surface area contributed by atoms with Gasteiger partial charge >= 0.3 is 0 Å². The van der Waals surface area contributed by atoms with Crippen LogP contribution in [-0.4, -0.2) is 30.4 Å². The summed E-state index contributed by atoms with van der Waals surface area (Å²) in [4.78, 5) is 0. The van der Waals surface area contributed by atoms with Crippen molar-refractivity contribution in [2.75, 3.05) is 13.1 Å². The van der Waals surface area contributed by atoms with Gasteiger partial charge in [0.05, 0.1) is 0 Å². The monoisotopic (exact) mass is 257 g/mol. The first-order valence-electron chi connectivity index (χ1n) is 4.57. The highest BCUT2D eigenvalue weighted by Crippen LogP contribution is 2.18. The molecule has 1 aromatic rings. The molecule has 0 aromatic heterocycles. The van der Waals surface area contributed by atoms with E-state index in [1.54, 1.807) is 0 Å². The maximum atomic E-state index is 9.51. The molecule has 0 amide bonds. The topological polar surface area (TPSA) is 41.5 Å². The minimum Gasteiger partial charge on any atom is -0.486 e. The summed E-state index contributed by atoms with van der Waals surface area (Å²) in [5.74, 6) is 0.793. The fourth-order valence-electron chi connectivity index (χ4n) is 1.45. The normalized spacial score (nSPS) is 26.4. The Hall–Kier alpha value is -0.580. The van der Waals surface area contributed by atoms with Gasteiger partial charge < -0.3 is 15.2 Å². The quantitative estimate of drug-likeness (QED) is 0.836. The van der Waals surface area contributed by atoms with Crippen molar-refractivity contribution in [1.29, 1.82) is 0 Å². The van der Waals surface area contributed by atoms with Crippen LogP contribution in [0.2, 0.25) is 0 Å². The fraction of sp³-hybridized carbons (Fsp3) is 0.400. The van der Waals surface area contributed by atoms with Crippen LogP contribution in [0, 0.1) is 0 Å². The molecule has 0 bridgehead atoms. The lowest BCUT2D eigenvalue weighted by atomic mass is 10.2. The third-order valence-electron chi connectivity index (χ3n) is 2.23. The third kappa shape index (κ3) is 2.26. The smallest absolute Gasteiger partial charge is 0.138 e. The zero-order valence-corrected chi connectivity index (χ0v) is 9.20. The van der Waals surface area contributed by atoms with E-state index in [0.29, 0.717) is 13.1 Å². The van der Waals surface area contributed by atoms with Gasteiger partial charge in [-0.1, -0.05) is 15.9 Å². The van der Waals surface area contributed by atoms with E-state index in [2.05, 4.69) is 21.2 Å². The number of halogens is 1. The number of hydrogen-bond acceptors (Lipinski definition) is 3. The zero-order valence-electron chi connectivity index (χ0n) is 7.61. The Balaban J connectivity index is 2.00. The highest BCUT2D eigenvalue weighted by atomic mass is 79.9. The Labute approximate surface area is 91.2 Å². The average Bonchev–Trinajstić information content (AvgIpc) is 2.56. The lowest BCUT2D eigenvalue weighted by molar-refractivity contribution is 0.0737. The van der Waals surface area contributed by atoms with Crippen molar-refractivity contribution in [2.45, 2.75) is 12.2 Å². The molecule has 3 nitrogen and oxygen atoms in total. The largest absolute Gasteiger partial charge is 0.486 e. The van der Waals surface area contributed by atoms with Crippen LogP contribution in [0.15, 0.2) is 28.7 Å². The van der Waals surface area contributed by atoms with Crippen molar-refractivity contribution in [3.63, 3.8) is 0 Å². The van der Waals surface area contributed by atoms with E-state index >= 15 is 0 Å². The van der Waals surface area contributed by atoms with Gasteiger partial charge in [-0.15, -0.1) is 0 Å². The van der Waals surface area contributed by atoms with Gasteiger partial charge in [-0.25, -0.2) is 0 Å². The summed E-state index contributed by atoms with van der Waals surface area (Å²) >= 11 is 3.35. The fourth-order valence-corrected chi connectivity index (χ4v) is 1.71. The van der Waals surface area contributed by atoms with Crippen molar-refractivity contribution in [3.8, 4) is 5.75 Å². The predicted octanol–water partition coefficient (Wildman–Crippen LogP) is 1.16. The Bertz CT molecular complexity index is 301. The van der Waals surface area contributed by atoms with Crippen LogP contribution < -0.4 is 10.1 Å². The number of benzene rings is 1. The molecule has 14 heavy (non-hydrogen) atoms. The lowest BCUT2D eigenvalue weighted by Gasteiger charge is -2.15. The molecule has 1 aliphatic rings. The SMILES string of the molecule is O[C@H]1CNC[C@@H]1Oc1ccc(Br)cc1. The molecule has 2 rings (SSSR count). The lowest BCUT2D eigenvalue weighted by Crippen LogP contribution is -2.29. The number of β-amino-alcohol motifs (C(OH)–C–C–N with tert-alkyl or cyclic N) is 1. The van der Waals surface area contributed by atoms with Gasteiger partial charge in [-0.3, -0.25) is 0 Å². The first kappa shape index (κ1) is 9.96. The number of ether oxygens (including phenoxy) is 1. The molecule has 0 unspecified atom stereocenters. The molecule has 0 radical (unpaired) electrons. The van der Waals surface area contributed by atoms with E-state index in [9.17, 15) is 5.11 Å². The van der Waals surface area contributed by atoms with Crippen LogP contribution >= 0.6 is 15.9 Å². The first-order chi connectivity index (χ1) is 6.75. The highest BCUT2D eigenvalue weighted by molar-refractivity contribution is 9.10. The van der Waals surface area contributed by atoms with Crippen LogP contribution in [0.1, 0.15) is 0 Å². The molecule has 2 atom stereocenters. The molecule has 1 saturated heterocycles. The summed E-state index contributed by atoms with van der Waals surface area (Å²) in [6.07, 6.45) is -0.533. The number of rotatable bonds is 2. The van der Waals surface area contributed by atoms with Crippen LogP contribution in [0.25, 0.3) is 0 Å². The molecule has 1 aliphatic heterocycles. The van der Waals surface area contributed by atoms with Crippen LogP contribution in [0.3, 0.4) is 0 Å². The van der Waals surface area contributed by atoms with Gasteiger partial charge in [-0.05, 0) is 24.3 Å². The predicted molar refractivity (Wildman–Crippen MR) is 57.4 cm³/mol. The van der Waals surface area contributed by atoms with E-state index in [-0.39, 0.29) is 6.10 Å². The van der Waals surface area contributed by atoms with Gasteiger partial charge in [0.1, 0.15) is 18.0 Å². The minimum atomic E-state index is -0.404. The Morgan fingerprint density at radius 1 is 1.29 bits per heavy atom. The van der Waals surface area contributed by atoms with E-state index in [4.69, 9.17) is 4.74 Å². The molecule has 1 fully saturated rings. The summed E-state index contributed by atoms with van der Waals surface area (Å²) in [6, 6.07) is 7.61. The molecule has 2 N–H and O–H groups in total. The highest BCUT2D eigenvalue weighted by Gasteiger charge is 2.26. The van der Waals surface area contributed by atoms with E-state index in [1.165, 1.54) is 0 Å². The van der Waals surface area contributed by atoms with Gasteiger partial charge in [0, 0.05) is 17.6 Å². The second-order valence-electron chi connectivity index (χ2n) is 3.34. The average molecular weight is 258 g/mol. The van der Waals surface area contributed by atoms with Gasteiger partial charge in [0.2, 0.25) is 0 Å². The standard InChI is InChI=1S/C10H12BrNO2/c11-7-1-3-8(4-2-7)14-10-6-12-5-9(10)13/h1-4,9-10,12-13H,5-6H2/t9-,10-/m0/s1. The zero-order chi connectivity index (χ0) is 9.97. The van der Waals surface area contributed by atoms with E-state index in [0.717, 1.165) is 10.2 Å². The molecule has 1 aromatic carbocycles. The van der Waals surface area contributed by atoms with Crippen molar-refractivity contribution in [1.82, 2.24) is 5.32 Å². The van der Waals surface area contributed by atoms with E-state index in [1.807, 2.05) is 24.3 Å². The van der Waals surface area contributed by atoms with Crippen molar-refractivity contribution >= 4 is 15.9 Å². The number of aliphatic hydroxyl groups is 1.